The van der Waals surface area contributed by atoms with E-state index in [2.05, 4.69) is 5.16 Å². The molecule has 9 heteroatoms. The van der Waals surface area contributed by atoms with E-state index in [0.29, 0.717) is 22.6 Å². The number of hydroxylamine groups is 1. The molecule has 0 aromatic heterocycles. The van der Waals surface area contributed by atoms with Crippen molar-refractivity contribution in [2.45, 2.75) is 32.0 Å². The first-order valence-electron chi connectivity index (χ1n) is 9.73. The van der Waals surface area contributed by atoms with Gasteiger partial charge in [0.1, 0.15) is 7.11 Å². The van der Waals surface area contributed by atoms with E-state index in [1.807, 2.05) is 13.0 Å². The number of fused-ring (bicyclic) bond motifs is 3. The second-order valence-electron chi connectivity index (χ2n) is 7.58. The van der Waals surface area contributed by atoms with Gasteiger partial charge in [0.25, 0.3) is 0 Å². The first-order valence-corrected chi connectivity index (χ1v) is 9.73. The summed E-state index contributed by atoms with van der Waals surface area (Å²) in [4.78, 5) is 23.1. The van der Waals surface area contributed by atoms with E-state index in [0.717, 1.165) is 24.5 Å². The molecule has 0 radical (unpaired) electrons. The van der Waals surface area contributed by atoms with Crippen LogP contribution in [0.15, 0.2) is 41.6 Å². The Kier molecular flexibility index (Phi) is 5.28. The van der Waals surface area contributed by atoms with E-state index in [4.69, 9.17) is 14.4 Å². The molecule has 0 amide bonds. The van der Waals surface area contributed by atoms with E-state index in [-0.39, 0.29) is 11.6 Å². The Hall–Kier alpha value is -3.23. The van der Waals surface area contributed by atoms with E-state index in [1.165, 1.54) is 26.4 Å². The number of halogens is 3. The van der Waals surface area contributed by atoms with E-state index in [1.54, 1.807) is 17.2 Å². The lowest BCUT2D eigenvalue weighted by atomic mass is 9.96. The highest BCUT2D eigenvalue weighted by Gasteiger charge is 2.42. The predicted octanol–water partition coefficient (Wildman–Crippen LogP) is 4.80. The molecule has 0 saturated heterocycles. The molecule has 3 aliphatic rings. The lowest BCUT2D eigenvalue weighted by Gasteiger charge is -2.38. The minimum absolute atomic E-state index is 0.0494. The number of anilines is 1. The van der Waals surface area contributed by atoms with Crippen LogP contribution < -0.4 is 9.90 Å². The summed E-state index contributed by atoms with van der Waals surface area (Å²) in [5.41, 5.74) is 1.56. The van der Waals surface area contributed by atoms with Crippen LogP contribution in [0.5, 0.6) is 5.75 Å². The Bertz CT molecular complexity index is 1050. The Morgan fingerprint density at radius 1 is 1.23 bits per heavy atom. The Morgan fingerprint density at radius 2 is 1.97 bits per heavy atom. The van der Waals surface area contributed by atoms with Crippen molar-refractivity contribution in [2.75, 3.05) is 19.3 Å². The molecule has 0 N–H and O–H groups in total. The van der Waals surface area contributed by atoms with Crippen LogP contribution in [0.4, 0.5) is 18.9 Å². The SMILES string of the molecule is CON=C(C(=O)OC)c1cc2cc(C)c1ON2C(c1cccc(C(F)(F)F)c1)C1CC1. The summed E-state index contributed by atoms with van der Waals surface area (Å²) < 4.78 is 44.6. The van der Waals surface area contributed by atoms with Gasteiger partial charge in [0.05, 0.1) is 30.0 Å². The lowest BCUT2D eigenvalue weighted by molar-refractivity contribution is -0.137. The molecular weight excluding hydrogens is 413 g/mol. The van der Waals surface area contributed by atoms with Crippen molar-refractivity contribution in [1.82, 2.24) is 0 Å². The smallest absolute Gasteiger partial charge is 0.416 e. The summed E-state index contributed by atoms with van der Waals surface area (Å²) in [5, 5.41) is 5.40. The van der Waals surface area contributed by atoms with Crippen LogP contribution in [-0.4, -0.2) is 25.9 Å². The number of carbonyl (C=O) groups excluding carboxylic acids is 1. The third kappa shape index (κ3) is 3.92. The van der Waals surface area contributed by atoms with Crippen molar-refractivity contribution < 1.29 is 32.4 Å². The zero-order valence-electron chi connectivity index (χ0n) is 17.2. The van der Waals surface area contributed by atoms with Gasteiger partial charge in [-0.25, -0.2) is 9.86 Å². The number of oxime groups is 1. The van der Waals surface area contributed by atoms with E-state index < -0.39 is 23.8 Å². The van der Waals surface area contributed by atoms with Gasteiger partial charge in [-0.3, -0.25) is 0 Å². The van der Waals surface area contributed by atoms with Gasteiger partial charge in [0, 0.05) is 0 Å². The minimum Gasteiger partial charge on any atom is -0.464 e. The highest BCUT2D eigenvalue weighted by Crippen LogP contribution is 2.50. The topological polar surface area (TPSA) is 60.4 Å². The number of rotatable bonds is 6. The Labute approximate surface area is 177 Å². The van der Waals surface area contributed by atoms with Crippen molar-refractivity contribution in [3.8, 4) is 5.75 Å². The molecule has 2 aromatic carbocycles. The lowest BCUT2D eigenvalue weighted by Crippen LogP contribution is -2.38. The van der Waals surface area contributed by atoms with Gasteiger partial charge in [-0.2, -0.15) is 13.2 Å². The van der Waals surface area contributed by atoms with E-state index >= 15 is 0 Å². The molecule has 31 heavy (non-hydrogen) atoms. The van der Waals surface area contributed by atoms with Gasteiger partial charge in [-0.1, -0.05) is 17.3 Å². The average Bonchev–Trinajstić information content (AvgIpc) is 3.57. The van der Waals surface area contributed by atoms with Crippen molar-refractivity contribution in [3.05, 3.63) is 58.7 Å². The molecule has 2 aromatic rings. The van der Waals surface area contributed by atoms with Crippen LogP contribution >= 0.6 is 0 Å². The highest BCUT2D eigenvalue weighted by atomic mass is 19.4. The quantitative estimate of drug-likeness (QED) is 0.371. The number of benzene rings is 2. The third-order valence-corrected chi connectivity index (χ3v) is 5.40. The van der Waals surface area contributed by atoms with Crippen LogP contribution in [-0.2, 0) is 20.5 Å². The van der Waals surface area contributed by atoms with Crippen molar-refractivity contribution >= 4 is 17.4 Å². The molecule has 5 rings (SSSR count). The molecule has 1 atom stereocenters. The number of carbonyl (C=O) groups is 1. The van der Waals surface area contributed by atoms with Crippen molar-refractivity contribution in [3.63, 3.8) is 0 Å². The summed E-state index contributed by atoms with van der Waals surface area (Å²) >= 11 is 0. The summed E-state index contributed by atoms with van der Waals surface area (Å²) in [7, 11) is 2.55. The van der Waals surface area contributed by atoms with Crippen LogP contribution in [0.2, 0.25) is 0 Å². The number of hydrogen-bond donors (Lipinski definition) is 0. The van der Waals surface area contributed by atoms with Crippen LogP contribution in [0.25, 0.3) is 0 Å². The number of methoxy groups -OCH3 is 1. The molecule has 1 aliphatic carbocycles. The molecule has 6 nitrogen and oxygen atoms in total. The van der Waals surface area contributed by atoms with Gasteiger partial charge >= 0.3 is 12.1 Å². The van der Waals surface area contributed by atoms with Gasteiger partial charge in [0.2, 0.25) is 0 Å². The van der Waals surface area contributed by atoms with Gasteiger partial charge in [-0.15, -0.1) is 0 Å². The zero-order valence-corrected chi connectivity index (χ0v) is 17.2. The monoisotopic (exact) mass is 434 g/mol. The molecule has 0 spiro atoms. The largest absolute Gasteiger partial charge is 0.464 e. The molecule has 1 fully saturated rings. The molecule has 2 aliphatic heterocycles. The summed E-state index contributed by atoms with van der Waals surface area (Å²) in [6.07, 6.45) is -2.65. The Morgan fingerprint density at radius 3 is 2.55 bits per heavy atom. The molecule has 164 valence electrons. The van der Waals surface area contributed by atoms with Crippen molar-refractivity contribution in [2.24, 2.45) is 11.1 Å². The molecule has 2 bridgehead atoms. The number of hydrogen-bond acceptors (Lipinski definition) is 6. The Balaban J connectivity index is 1.76. The summed E-state index contributed by atoms with van der Waals surface area (Å²) in [5.74, 6) is -0.142. The number of esters is 1. The first kappa shape index (κ1) is 21.0. The third-order valence-electron chi connectivity index (χ3n) is 5.40. The second kappa shape index (κ2) is 7.79. The summed E-state index contributed by atoms with van der Waals surface area (Å²) in [6, 6.07) is 8.52. The molecule has 2 heterocycles. The number of ether oxygens (including phenoxy) is 1. The minimum atomic E-state index is -4.43. The zero-order chi connectivity index (χ0) is 22.3. The highest BCUT2D eigenvalue weighted by molar-refractivity contribution is 6.44. The fourth-order valence-corrected chi connectivity index (χ4v) is 3.84. The second-order valence-corrected chi connectivity index (χ2v) is 7.58. The van der Waals surface area contributed by atoms with Gasteiger partial charge in [0.15, 0.2) is 11.5 Å². The molecule has 1 saturated carbocycles. The maximum absolute atomic E-state index is 13.3. The van der Waals surface area contributed by atoms with Crippen LogP contribution in [0.1, 0.15) is 41.1 Å². The molecule has 1 unspecified atom stereocenters. The van der Waals surface area contributed by atoms with Gasteiger partial charge < -0.3 is 14.4 Å². The van der Waals surface area contributed by atoms with Crippen LogP contribution in [0, 0.1) is 12.8 Å². The fraction of sp³-hybridized carbons (Fsp3) is 0.364. The maximum atomic E-state index is 13.3. The normalized spacial score (nSPS) is 16.7. The summed E-state index contributed by atoms with van der Waals surface area (Å²) in [6.45, 7) is 1.82. The first-order chi connectivity index (χ1) is 14.7. The fourth-order valence-electron chi connectivity index (χ4n) is 3.84. The molecular formula is C22H21F3N2O4. The number of alkyl halides is 3. The number of aryl methyl sites for hydroxylation is 1. The van der Waals surface area contributed by atoms with Crippen LogP contribution in [0.3, 0.4) is 0 Å². The average molecular weight is 434 g/mol. The number of nitrogens with zero attached hydrogens (tertiary/aromatic N) is 2. The van der Waals surface area contributed by atoms with E-state index in [9.17, 15) is 18.0 Å². The standard InChI is InChI=1S/C22H21F3N2O4/c1-12-9-16-11-17(18(26-30-3)21(28)29-2)20(12)31-27(16)19(13-7-8-13)14-5-4-6-15(10-14)22(23,24)25/h4-6,9-11,13,19H,7-8H2,1-3H3. The van der Waals surface area contributed by atoms with Crippen molar-refractivity contribution in [1.29, 1.82) is 0 Å². The predicted molar refractivity (Wildman–Crippen MR) is 107 cm³/mol. The maximum Gasteiger partial charge on any atom is 0.416 e. The van der Waals surface area contributed by atoms with Gasteiger partial charge in [-0.05, 0) is 61.1 Å².